The molecule has 0 spiro atoms. The van der Waals surface area contributed by atoms with Crippen LogP contribution in [0.4, 0.5) is 0 Å². The maximum atomic E-state index is 5.12. The van der Waals surface area contributed by atoms with Crippen LogP contribution in [0.3, 0.4) is 0 Å². The Hall–Kier alpha value is -2.29. The highest BCUT2D eigenvalue weighted by atomic mass is 16.5. The molecule has 18 heavy (non-hydrogen) atoms. The van der Waals surface area contributed by atoms with Crippen LogP contribution in [-0.4, -0.2) is 19.2 Å². The molecule has 1 heterocycles. The summed E-state index contributed by atoms with van der Waals surface area (Å²) in [6.45, 7) is 0. The number of ether oxygens (including phenoxy) is 2. The average molecular weight is 241 g/mol. The predicted molar refractivity (Wildman–Crippen MR) is 72.7 cm³/mol. The van der Waals surface area contributed by atoms with Crippen molar-refractivity contribution in [3.8, 4) is 11.8 Å². The van der Waals surface area contributed by atoms with E-state index < -0.39 is 0 Å². The highest BCUT2D eigenvalue weighted by molar-refractivity contribution is 5.70. The van der Waals surface area contributed by atoms with Crippen molar-refractivity contribution >= 4 is 12.2 Å². The van der Waals surface area contributed by atoms with E-state index in [2.05, 4.69) is 4.98 Å². The third-order valence-electron chi connectivity index (χ3n) is 2.49. The summed E-state index contributed by atoms with van der Waals surface area (Å²) in [6, 6.07) is 13.8. The molecule has 0 aliphatic heterocycles. The zero-order valence-corrected chi connectivity index (χ0v) is 10.5. The third-order valence-corrected chi connectivity index (χ3v) is 2.49. The van der Waals surface area contributed by atoms with Gasteiger partial charge in [0.2, 0.25) is 11.8 Å². The Morgan fingerprint density at radius 3 is 1.94 bits per heavy atom. The Bertz CT molecular complexity index is 513. The van der Waals surface area contributed by atoms with Crippen molar-refractivity contribution in [3.63, 3.8) is 0 Å². The minimum Gasteiger partial charge on any atom is -0.481 e. The molecule has 0 saturated heterocycles. The minimum absolute atomic E-state index is 0.544. The van der Waals surface area contributed by atoms with E-state index in [0.29, 0.717) is 11.8 Å². The van der Waals surface area contributed by atoms with E-state index in [1.54, 1.807) is 14.2 Å². The van der Waals surface area contributed by atoms with Gasteiger partial charge in [0, 0.05) is 12.1 Å². The molecule has 3 heteroatoms. The Labute approximate surface area is 107 Å². The standard InChI is InChI=1S/C15H15NO2/c1-17-14-10-13(11-15(16-14)18-2)9-8-12-6-4-3-5-7-12/h3-11H,1-2H3/b9-8+. The second kappa shape index (κ2) is 5.87. The van der Waals surface area contributed by atoms with Gasteiger partial charge in [-0.25, -0.2) is 0 Å². The Balaban J connectivity index is 2.25. The van der Waals surface area contributed by atoms with Crippen LogP contribution in [-0.2, 0) is 0 Å². The van der Waals surface area contributed by atoms with Crippen molar-refractivity contribution in [2.24, 2.45) is 0 Å². The summed E-state index contributed by atoms with van der Waals surface area (Å²) in [7, 11) is 3.18. The molecule has 0 radical (unpaired) electrons. The summed E-state index contributed by atoms with van der Waals surface area (Å²) in [5.74, 6) is 1.09. The summed E-state index contributed by atoms with van der Waals surface area (Å²) in [5.41, 5.74) is 2.13. The maximum Gasteiger partial charge on any atom is 0.216 e. The van der Waals surface area contributed by atoms with Crippen LogP contribution in [0.15, 0.2) is 42.5 Å². The number of rotatable bonds is 4. The van der Waals surface area contributed by atoms with Crippen molar-refractivity contribution in [1.82, 2.24) is 4.98 Å². The first-order valence-electron chi connectivity index (χ1n) is 5.65. The quantitative estimate of drug-likeness (QED) is 0.823. The van der Waals surface area contributed by atoms with E-state index in [4.69, 9.17) is 9.47 Å². The molecule has 0 saturated carbocycles. The van der Waals surface area contributed by atoms with Crippen molar-refractivity contribution in [2.75, 3.05) is 14.2 Å². The first-order valence-corrected chi connectivity index (χ1v) is 5.65. The van der Waals surface area contributed by atoms with Gasteiger partial charge < -0.3 is 9.47 Å². The number of aromatic nitrogens is 1. The molecule has 0 aliphatic rings. The average Bonchev–Trinajstić information content (AvgIpc) is 2.45. The molecular formula is C15H15NO2. The van der Waals surface area contributed by atoms with Gasteiger partial charge >= 0.3 is 0 Å². The van der Waals surface area contributed by atoms with Crippen LogP contribution < -0.4 is 9.47 Å². The van der Waals surface area contributed by atoms with E-state index >= 15 is 0 Å². The third kappa shape index (κ3) is 3.10. The molecule has 0 atom stereocenters. The van der Waals surface area contributed by atoms with E-state index in [1.807, 2.05) is 54.6 Å². The van der Waals surface area contributed by atoms with Crippen LogP contribution in [0.5, 0.6) is 11.8 Å². The fourth-order valence-electron chi connectivity index (χ4n) is 1.56. The number of benzene rings is 1. The van der Waals surface area contributed by atoms with E-state index in [9.17, 15) is 0 Å². The molecule has 0 fully saturated rings. The topological polar surface area (TPSA) is 31.4 Å². The van der Waals surface area contributed by atoms with Gasteiger partial charge in [-0.2, -0.15) is 4.98 Å². The summed E-state index contributed by atoms with van der Waals surface area (Å²) < 4.78 is 10.2. The molecule has 2 aromatic rings. The zero-order chi connectivity index (χ0) is 12.8. The lowest BCUT2D eigenvalue weighted by Gasteiger charge is -2.04. The van der Waals surface area contributed by atoms with Crippen molar-refractivity contribution < 1.29 is 9.47 Å². The maximum absolute atomic E-state index is 5.12. The SMILES string of the molecule is COc1cc(/C=C/c2ccccc2)cc(OC)n1. The van der Waals surface area contributed by atoms with Crippen molar-refractivity contribution in [2.45, 2.75) is 0 Å². The lowest BCUT2D eigenvalue weighted by atomic mass is 10.1. The highest BCUT2D eigenvalue weighted by Crippen LogP contribution is 2.19. The molecule has 0 unspecified atom stereocenters. The molecule has 0 N–H and O–H groups in total. The first-order chi connectivity index (χ1) is 8.81. The molecule has 0 amide bonds. The molecule has 2 rings (SSSR count). The molecule has 92 valence electrons. The highest BCUT2D eigenvalue weighted by Gasteiger charge is 2.00. The van der Waals surface area contributed by atoms with Gasteiger partial charge in [0.1, 0.15) is 0 Å². The predicted octanol–water partition coefficient (Wildman–Crippen LogP) is 3.27. The molecule has 1 aromatic carbocycles. The second-order valence-corrected chi connectivity index (χ2v) is 3.73. The summed E-state index contributed by atoms with van der Waals surface area (Å²) in [4.78, 5) is 4.15. The zero-order valence-electron chi connectivity index (χ0n) is 10.5. The monoisotopic (exact) mass is 241 g/mol. The molecule has 1 aromatic heterocycles. The summed E-state index contributed by atoms with van der Waals surface area (Å²) >= 11 is 0. The number of hydrogen-bond acceptors (Lipinski definition) is 3. The molecule has 0 bridgehead atoms. The summed E-state index contributed by atoms with van der Waals surface area (Å²) in [5, 5.41) is 0. The molecular weight excluding hydrogens is 226 g/mol. The normalized spacial score (nSPS) is 10.6. The van der Waals surface area contributed by atoms with Gasteiger partial charge in [-0.1, -0.05) is 42.5 Å². The number of nitrogens with zero attached hydrogens (tertiary/aromatic N) is 1. The fourth-order valence-corrected chi connectivity index (χ4v) is 1.56. The van der Waals surface area contributed by atoms with Crippen LogP contribution >= 0.6 is 0 Å². The van der Waals surface area contributed by atoms with Gasteiger partial charge in [-0.05, 0) is 11.1 Å². The van der Waals surface area contributed by atoms with Crippen molar-refractivity contribution in [1.29, 1.82) is 0 Å². The fraction of sp³-hybridized carbons (Fsp3) is 0.133. The van der Waals surface area contributed by atoms with Gasteiger partial charge in [0.05, 0.1) is 14.2 Å². The van der Waals surface area contributed by atoms with Crippen molar-refractivity contribution in [3.05, 3.63) is 53.6 Å². The minimum atomic E-state index is 0.544. The Morgan fingerprint density at radius 1 is 0.833 bits per heavy atom. The lowest BCUT2D eigenvalue weighted by molar-refractivity contribution is 0.364. The van der Waals surface area contributed by atoms with E-state index in [-0.39, 0.29) is 0 Å². The summed E-state index contributed by atoms with van der Waals surface area (Å²) in [6.07, 6.45) is 4.04. The Kier molecular flexibility index (Phi) is 3.97. The smallest absolute Gasteiger partial charge is 0.216 e. The first kappa shape index (κ1) is 12.2. The van der Waals surface area contributed by atoms with Gasteiger partial charge in [-0.3, -0.25) is 0 Å². The van der Waals surface area contributed by atoms with Gasteiger partial charge in [0.15, 0.2) is 0 Å². The van der Waals surface area contributed by atoms with E-state index in [1.165, 1.54) is 0 Å². The molecule has 0 aliphatic carbocycles. The van der Waals surface area contributed by atoms with Crippen LogP contribution in [0, 0.1) is 0 Å². The van der Waals surface area contributed by atoms with Crippen LogP contribution in [0.2, 0.25) is 0 Å². The Morgan fingerprint density at radius 2 is 1.39 bits per heavy atom. The second-order valence-electron chi connectivity index (χ2n) is 3.73. The van der Waals surface area contributed by atoms with Crippen LogP contribution in [0.1, 0.15) is 11.1 Å². The molecule has 3 nitrogen and oxygen atoms in total. The number of hydrogen-bond donors (Lipinski definition) is 0. The largest absolute Gasteiger partial charge is 0.481 e. The number of methoxy groups -OCH3 is 2. The van der Waals surface area contributed by atoms with E-state index in [0.717, 1.165) is 11.1 Å². The van der Waals surface area contributed by atoms with Gasteiger partial charge in [0.25, 0.3) is 0 Å². The lowest BCUT2D eigenvalue weighted by Crippen LogP contribution is -1.92. The van der Waals surface area contributed by atoms with Gasteiger partial charge in [-0.15, -0.1) is 0 Å². The number of pyridine rings is 1. The van der Waals surface area contributed by atoms with Crippen LogP contribution in [0.25, 0.3) is 12.2 Å².